The molecule has 0 saturated heterocycles. The van der Waals surface area contributed by atoms with Crippen LogP contribution in [-0.4, -0.2) is 4.57 Å². The van der Waals surface area contributed by atoms with Crippen molar-refractivity contribution in [3.05, 3.63) is 52.0 Å². The van der Waals surface area contributed by atoms with Crippen molar-refractivity contribution in [1.82, 2.24) is 4.57 Å². The molecule has 0 fully saturated rings. The molecule has 0 spiro atoms. The summed E-state index contributed by atoms with van der Waals surface area (Å²) in [6.07, 6.45) is 5.38. The van der Waals surface area contributed by atoms with Gasteiger partial charge in [0, 0.05) is 15.6 Å². The fourth-order valence-electron chi connectivity index (χ4n) is 2.73. The fraction of sp³-hybridized carbons (Fsp3) is 0.471. The molecule has 0 bridgehead atoms. The summed E-state index contributed by atoms with van der Waals surface area (Å²) in [6, 6.07) is 5.66. The summed E-state index contributed by atoms with van der Waals surface area (Å²) in [4.78, 5) is 0. The Hall–Kier alpha value is -0.510. The molecule has 0 atom stereocenters. The molecule has 0 aliphatic heterocycles. The molecular weight excluding hydrogens is 383 g/mol. The van der Waals surface area contributed by atoms with E-state index in [4.69, 9.17) is 23.2 Å². The summed E-state index contributed by atoms with van der Waals surface area (Å²) >= 11 is 12.6. The van der Waals surface area contributed by atoms with Crippen LogP contribution in [0, 0.1) is 0 Å². The van der Waals surface area contributed by atoms with Crippen LogP contribution in [0.4, 0.5) is 0 Å². The predicted molar refractivity (Wildman–Crippen MR) is 89.2 cm³/mol. The van der Waals surface area contributed by atoms with Crippen LogP contribution in [0.3, 0.4) is 0 Å². The minimum atomic E-state index is 0. The molecule has 22 heavy (non-hydrogen) atoms. The fourth-order valence-corrected chi connectivity index (χ4v) is 3.25. The largest absolute Gasteiger partial charge is 1.00 e. The number of aromatic nitrogens is 2. The third-order valence-electron chi connectivity index (χ3n) is 3.50. The van der Waals surface area contributed by atoms with Crippen molar-refractivity contribution in [3.8, 4) is 0 Å². The lowest BCUT2D eigenvalue weighted by Gasteiger charge is -2.17. The smallest absolute Gasteiger partial charge is 0.262 e. The SMILES string of the molecule is CCCn1cc[n+](Cc2c(Cl)cccc2Cl)c1C(C)(C)C.[Br-]. The van der Waals surface area contributed by atoms with E-state index >= 15 is 0 Å². The zero-order chi connectivity index (χ0) is 15.6. The van der Waals surface area contributed by atoms with Gasteiger partial charge >= 0.3 is 0 Å². The maximum Gasteiger partial charge on any atom is 0.262 e. The van der Waals surface area contributed by atoms with Crippen LogP contribution in [0.15, 0.2) is 30.6 Å². The summed E-state index contributed by atoms with van der Waals surface area (Å²) < 4.78 is 4.58. The number of rotatable bonds is 4. The second-order valence-electron chi connectivity index (χ2n) is 6.39. The molecule has 0 aliphatic carbocycles. The molecule has 1 aromatic heterocycles. The quantitative estimate of drug-likeness (QED) is 0.686. The number of halogens is 3. The van der Waals surface area contributed by atoms with Crippen molar-refractivity contribution in [3.63, 3.8) is 0 Å². The van der Waals surface area contributed by atoms with Crippen molar-refractivity contribution in [2.24, 2.45) is 0 Å². The van der Waals surface area contributed by atoms with E-state index in [0.29, 0.717) is 6.54 Å². The number of hydrogen-bond donors (Lipinski definition) is 0. The standard InChI is InChI=1S/C17H23Cl2N2.BrH/c1-5-9-20-10-11-21(16(20)17(2,3)4)12-13-14(18)7-6-8-15(13)19;/h6-8,10-11H,5,9,12H2,1-4H3;1H/q+1;/p-1. The molecule has 2 aromatic rings. The lowest BCUT2D eigenvalue weighted by molar-refractivity contribution is -0.698. The summed E-state index contributed by atoms with van der Waals surface area (Å²) in [6.45, 7) is 10.6. The first-order valence-corrected chi connectivity index (χ1v) is 8.12. The highest BCUT2D eigenvalue weighted by Crippen LogP contribution is 2.25. The molecule has 0 amide bonds. The maximum absolute atomic E-state index is 6.31. The monoisotopic (exact) mass is 404 g/mol. The van der Waals surface area contributed by atoms with E-state index in [1.807, 2.05) is 18.2 Å². The van der Waals surface area contributed by atoms with E-state index in [1.165, 1.54) is 5.82 Å². The van der Waals surface area contributed by atoms with Crippen LogP contribution in [-0.2, 0) is 18.5 Å². The molecule has 1 heterocycles. The summed E-state index contributed by atoms with van der Waals surface area (Å²) in [5, 5.41) is 1.44. The average Bonchev–Trinajstić information content (AvgIpc) is 2.77. The van der Waals surface area contributed by atoms with Gasteiger partial charge in [0.05, 0.1) is 12.0 Å². The van der Waals surface area contributed by atoms with Crippen molar-refractivity contribution in [2.75, 3.05) is 0 Å². The van der Waals surface area contributed by atoms with E-state index in [9.17, 15) is 0 Å². The molecule has 0 unspecified atom stereocenters. The lowest BCUT2D eigenvalue weighted by Crippen LogP contribution is -3.00. The van der Waals surface area contributed by atoms with Gasteiger partial charge < -0.3 is 17.0 Å². The van der Waals surface area contributed by atoms with Gasteiger partial charge in [-0.05, 0) is 39.3 Å². The van der Waals surface area contributed by atoms with E-state index < -0.39 is 0 Å². The zero-order valence-electron chi connectivity index (χ0n) is 13.5. The van der Waals surface area contributed by atoms with Crippen molar-refractivity contribution in [1.29, 1.82) is 0 Å². The first-order valence-electron chi connectivity index (χ1n) is 7.36. The highest BCUT2D eigenvalue weighted by Gasteiger charge is 2.30. The van der Waals surface area contributed by atoms with Gasteiger partial charge in [0.25, 0.3) is 5.82 Å². The molecule has 122 valence electrons. The number of benzene rings is 1. The number of imidazole rings is 1. The second kappa shape index (κ2) is 7.85. The summed E-state index contributed by atoms with van der Waals surface area (Å²) in [7, 11) is 0. The highest BCUT2D eigenvalue weighted by atomic mass is 79.9. The summed E-state index contributed by atoms with van der Waals surface area (Å²) in [5.74, 6) is 1.29. The first-order chi connectivity index (χ1) is 9.84. The van der Waals surface area contributed by atoms with Crippen LogP contribution in [0.25, 0.3) is 0 Å². The van der Waals surface area contributed by atoms with E-state index in [-0.39, 0.29) is 22.4 Å². The highest BCUT2D eigenvalue weighted by molar-refractivity contribution is 6.35. The van der Waals surface area contributed by atoms with Gasteiger partial charge in [-0.25, -0.2) is 9.13 Å². The zero-order valence-corrected chi connectivity index (χ0v) is 16.6. The molecule has 2 nitrogen and oxygen atoms in total. The molecule has 0 saturated carbocycles. The van der Waals surface area contributed by atoms with Gasteiger partial charge in [0.2, 0.25) is 0 Å². The Kier molecular flexibility index (Phi) is 6.97. The Bertz CT molecular complexity index is 610. The average molecular weight is 406 g/mol. The Morgan fingerprint density at radius 1 is 1.14 bits per heavy atom. The van der Waals surface area contributed by atoms with Gasteiger partial charge in [-0.15, -0.1) is 0 Å². The molecule has 1 aromatic carbocycles. The van der Waals surface area contributed by atoms with E-state index in [1.54, 1.807) is 0 Å². The molecule has 2 rings (SSSR count). The third-order valence-corrected chi connectivity index (χ3v) is 4.20. The van der Waals surface area contributed by atoms with Crippen LogP contribution < -0.4 is 21.5 Å². The van der Waals surface area contributed by atoms with Gasteiger partial charge in [-0.2, -0.15) is 0 Å². The molecule has 5 heteroatoms. The Morgan fingerprint density at radius 2 is 1.73 bits per heavy atom. The van der Waals surface area contributed by atoms with Crippen LogP contribution in [0.2, 0.25) is 10.0 Å². The van der Waals surface area contributed by atoms with Crippen molar-refractivity contribution >= 4 is 23.2 Å². The van der Waals surface area contributed by atoms with Crippen molar-refractivity contribution in [2.45, 2.75) is 52.6 Å². The molecule has 0 N–H and O–H groups in total. The van der Waals surface area contributed by atoms with Crippen LogP contribution >= 0.6 is 23.2 Å². The van der Waals surface area contributed by atoms with E-state index in [0.717, 1.165) is 28.6 Å². The third kappa shape index (κ3) is 4.27. The van der Waals surface area contributed by atoms with Crippen molar-refractivity contribution < 1.29 is 21.5 Å². The van der Waals surface area contributed by atoms with Gasteiger partial charge in [0.15, 0.2) is 0 Å². The normalized spacial score (nSPS) is 11.4. The predicted octanol–water partition coefficient (Wildman–Crippen LogP) is 1.84. The summed E-state index contributed by atoms with van der Waals surface area (Å²) in [5.41, 5.74) is 1.04. The molecular formula is C17H23BrCl2N2. The maximum atomic E-state index is 6.31. The Morgan fingerprint density at radius 3 is 2.23 bits per heavy atom. The molecule has 0 radical (unpaired) electrons. The van der Waals surface area contributed by atoms with Crippen LogP contribution in [0.1, 0.15) is 45.5 Å². The van der Waals surface area contributed by atoms with Gasteiger partial charge in [0.1, 0.15) is 18.9 Å². The molecule has 0 aliphatic rings. The Balaban J connectivity index is 0.00000242. The van der Waals surface area contributed by atoms with Gasteiger partial charge in [-0.3, -0.25) is 0 Å². The Labute approximate surface area is 153 Å². The number of aryl methyl sites for hydroxylation is 1. The topological polar surface area (TPSA) is 8.81 Å². The van der Waals surface area contributed by atoms with E-state index in [2.05, 4.69) is 49.2 Å². The lowest BCUT2D eigenvalue weighted by atomic mass is 9.95. The second-order valence-corrected chi connectivity index (χ2v) is 7.21. The first kappa shape index (κ1) is 19.5. The minimum absolute atomic E-state index is 0. The number of hydrogen-bond acceptors (Lipinski definition) is 0. The number of nitrogens with zero attached hydrogens (tertiary/aromatic N) is 2. The minimum Gasteiger partial charge on any atom is -1.00 e. The van der Waals surface area contributed by atoms with Crippen LogP contribution in [0.5, 0.6) is 0 Å². The van der Waals surface area contributed by atoms with Gasteiger partial charge in [-0.1, -0.05) is 36.2 Å².